The quantitative estimate of drug-likeness (QED) is 0.927. The van der Waals surface area contributed by atoms with E-state index in [1.165, 1.54) is 0 Å². The van der Waals surface area contributed by atoms with Crippen LogP contribution in [-0.2, 0) is 6.54 Å². The normalized spacial score (nSPS) is 10.7. The smallest absolute Gasteiger partial charge is 0.123 e. The first-order valence-corrected chi connectivity index (χ1v) is 6.80. The number of nitrogens with one attached hydrogen (secondary N) is 1. The van der Waals surface area contributed by atoms with Crippen LogP contribution < -0.4 is 5.32 Å². The van der Waals surface area contributed by atoms with Crippen molar-refractivity contribution in [2.24, 2.45) is 0 Å². The lowest BCUT2D eigenvalue weighted by Gasteiger charge is -1.99. The topological polar surface area (TPSA) is 24.9 Å². The number of hydrogen-bond acceptors (Lipinski definition) is 3. The molecular formula is C11H10BrClN2S. The molecule has 0 fully saturated rings. The Labute approximate surface area is 112 Å². The lowest BCUT2D eigenvalue weighted by molar-refractivity contribution is 0.798. The van der Waals surface area contributed by atoms with E-state index in [-0.39, 0.29) is 0 Å². The van der Waals surface area contributed by atoms with Gasteiger partial charge in [0.1, 0.15) is 5.01 Å². The summed E-state index contributed by atoms with van der Waals surface area (Å²) >= 11 is 11.1. The molecule has 0 atom stereocenters. The number of benzene rings is 1. The number of nitrogens with zero attached hydrogens (tertiary/aromatic N) is 1. The summed E-state index contributed by atoms with van der Waals surface area (Å²) in [6.45, 7) is 0.792. The number of aromatic nitrogens is 1. The predicted molar refractivity (Wildman–Crippen MR) is 73.0 cm³/mol. The van der Waals surface area contributed by atoms with E-state index < -0.39 is 0 Å². The van der Waals surface area contributed by atoms with Crippen LogP contribution in [0.5, 0.6) is 0 Å². The molecule has 0 aliphatic heterocycles. The van der Waals surface area contributed by atoms with Gasteiger partial charge in [0.15, 0.2) is 0 Å². The lowest BCUT2D eigenvalue weighted by Crippen LogP contribution is -2.04. The molecule has 1 heterocycles. The Morgan fingerprint density at radius 1 is 1.50 bits per heavy atom. The highest BCUT2D eigenvalue weighted by Gasteiger charge is 2.06. The van der Waals surface area contributed by atoms with Crippen LogP contribution in [0.2, 0.25) is 5.02 Å². The van der Waals surface area contributed by atoms with Gasteiger partial charge in [0.25, 0.3) is 0 Å². The average molecular weight is 318 g/mol. The maximum absolute atomic E-state index is 6.05. The molecule has 2 aromatic rings. The molecule has 0 radical (unpaired) electrons. The third-order valence-corrected chi connectivity index (χ3v) is 4.25. The fourth-order valence-electron chi connectivity index (χ4n) is 1.33. The van der Waals surface area contributed by atoms with E-state index in [0.29, 0.717) is 5.02 Å². The Hall–Kier alpha value is -0.420. The van der Waals surface area contributed by atoms with Crippen LogP contribution in [0, 0.1) is 0 Å². The van der Waals surface area contributed by atoms with Gasteiger partial charge in [0.2, 0.25) is 0 Å². The van der Waals surface area contributed by atoms with Crippen molar-refractivity contribution in [3.8, 4) is 10.6 Å². The summed E-state index contributed by atoms with van der Waals surface area (Å²) in [4.78, 5) is 4.52. The average Bonchev–Trinajstić information content (AvgIpc) is 2.71. The van der Waals surface area contributed by atoms with Crippen LogP contribution in [0.4, 0.5) is 0 Å². The minimum absolute atomic E-state index is 0.711. The van der Waals surface area contributed by atoms with Gasteiger partial charge >= 0.3 is 0 Å². The Bertz CT molecular complexity index is 498. The highest BCUT2D eigenvalue weighted by molar-refractivity contribution is 9.10. The van der Waals surface area contributed by atoms with Crippen LogP contribution in [0.1, 0.15) is 5.69 Å². The lowest BCUT2D eigenvalue weighted by atomic mass is 10.2. The van der Waals surface area contributed by atoms with E-state index >= 15 is 0 Å². The molecule has 1 aromatic carbocycles. The SMILES string of the molecule is CNCc1csc(-c2ccc(Br)c(Cl)c2)n1. The standard InChI is InChI=1S/C11H10BrClN2S/c1-14-5-8-6-16-11(15-8)7-2-3-9(12)10(13)4-7/h2-4,6,14H,5H2,1H3. The van der Waals surface area contributed by atoms with Crippen molar-refractivity contribution in [3.63, 3.8) is 0 Å². The molecule has 0 aliphatic carbocycles. The molecule has 0 saturated heterocycles. The Balaban J connectivity index is 2.31. The monoisotopic (exact) mass is 316 g/mol. The largest absolute Gasteiger partial charge is 0.314 e. The van der Waals surface area contributed by atoms with Crippen molar-refractivity contribution in [1.82, 2.24) is 10.3 Å². The third-order valence-electron chi connectivity index (χ3n) is 2.08. The molecule has 0 unspecified atom stereocenters. The summed E-state index contributed by atoms with van der Waals surface area (Å²) in [7, 11) is 1.91. The van der Waals surface area contributed by atoms with Gasteiger partial charge < -0.3 is 5.32 Å². The van der Waals surface area contributed by atoms with E-state index in [1.807, 2.05) is 25.2 Å². The fraction of sp³-hybridized carbons (Fsp3) is 0.182. The van der Waals surface area contributed by atoms with Crippen LogP contribution in [-0.4, -0.2) is 12.0 Å². The predicted octanol–water partition coefficient (Wildman–Crippen LogP) is 3.95. The summed E-state index contributed by atoms with van der Waals surface area (Å²) < 4.78 is 0.907. The molecule has 0 saturated carbocycles. The molecule has 0 bridgehead atoms. The van der Waals surface area contributed by atoms with E-state index in [0.717, 1.165) is 27.3 Å². The number of hydrogen-bond donors (Lipinski definition) is 1. The Morgan fingerprint density at radius 2 is 2.31 bits per heavy atom. The second-order valence-corrected chi connectivity index (χ2v) is 5.42. The zero-order valence-electron chi connectivity index (χ0n) is 8.63. The van der Waals surface area contributed by atoms with Gasteiger partial charge in [-0.05, 0) is 35.1 Å². The molecule has 0 aliphatic rings. The van der Waals surface area contributed by atoms with Gasteiger partial charge in [-0.25, -0.2) is 4.98 Å². The molecule has 5 heteroatoms. The number of halogens is 2. The summed E-state index contributed by atoms with van der Waals surface area (Å²) in [6, 6.07) is 5.88. The molecule has 84 valence electrons. The Kier molecular flexibility index (Phi) is 3.97. The van der Waals surface area contributed by atoms with E-state index in [2.05, 4.69) is 31.6 Å². The van der Waals surface area contributed by atoms with Gasteiger partial charge in [-0.1, -0.05) is 17.7 Å². The summed E-state index contributed by atoms with van der Waals surface area (Å²) in [5, 5.41) is 6.85. The highest BCUT2D eigenvalue weighted by Crippen LogP contribution is 2.30. The van der Waals surface area contributed by atoms with Crippen LogP contribution in [0.15, 0.2) is 28.1 Å². The highest BCUT2D eigenvalue weighted by atomic mass is 79.9. The van der Waals surface area contributed by atoms with Crippen LogP contribution >= 0.6 is 38.9 Å². The van der Waals surface area contributed by atoms with Crippen LogP contribution in [0.25, 0.3) is 10.6 Å². The van der Waals surface area contributed by atoms with Gasteiger partial charge in [-0.2, -0.15) is 0 Å². The van der Waals surface area contributed by atoms with Crippen molar-refractivity contribution in [2.75, 3.05) is 7.05 Å². The zero-order chi connectivity index (χ0) is 11.5. The van der Waals surface area contributed by atoms with Crippen molar-refractivity contribution in [1.29, 1.82) is 0 Å². The maximum atomic E-state index is 6.05. The van der Waals surface area contributed by atoms with E-state index in [1.54, 1.807) is 11.3 Å². The van der Waals surface area contributed by atoms with Gasteiger partial charge in [0, 0.05) is 22.0 Å². The van der Waals surface area contributed by atoms with Gasteiger partial charge in [0.05, 0.1) is 10.7 Å². The second kappa shape index (κ2) is 5.27. The molecule has 2 nitrogen and oxygen atoms in total. The van der Waals surface area contributed by atoms with Gasteiger partial charge in [-0.15, -0.1) is 11.3 Å². The molecule has 0 amide bonds. The number of thiazole rings is 1. The molecule has 16 heavy (non-hydrogen) atoms. The van der Waals surface area contributed by atoms with Crippen molar-refractivity contribution in [3.05, 3.63) is 38.8 Å². The summed E-state index contributed by atoms with van der Waals surface area (Å²) in [5.41, 5.74) is 2.11. The molecular weight excluding hydrogens is 308 g/mol. The first kappa shape index (κ1) is 12.0. The zero-order valence-corrected chi connectivity index (χ0v) is 11.8. The second-order valence-electron chi connectivity index (χ2n) is 3.30. The first-order valence-electron chi connectivity index (χ1n) is 4.75. The fourth-order valence-corrected chi connectivity index (χ4v) is 2.57. The van der Waals surface area contributed by atoms with E-state index in [9.17, 15) is 0 Å². The third kappa shape index (κ3) is 2.63. The van der Waals surface area contributed by atoms with Crippen LogP contribution in [0.3, 0.4) is 0 Å². The van der Waals surface area contributed by atoms with Crippen molar-refractivity contribution < 1.29 is 0 Å². The Morgan fingerprint density at radius 3 is 3.00 bits per heavy atom. The number of rotatable bonds is 3. The summed E-state index contributed by atoms with van der Waals surface area (Å²) in [5.74, 6) is 0. The van der Waals surface area contributed by atoms with Gasteiger partial charge in [-0.3, -0.25) is 0 Å². The minimum Gasteiger partial charge on any atom is -0.314 e. The van der Waals surface area contributed by atoms with E-state index in [4.69, 9.17) is 11.6 Å². The maximum Gasteiger partial charge on any atom is 0.123 e. The van der Waals surface area contributed by atoms with Crippen molar-refractivity contribution >= 4 is 38.9 Å². The summed E-state index contributed by atoms with van der Waals surface area (Å²) in [6.07, 6.45) is 0. The van der Waals surface area contributed by atoms with Crippen molar-refractivity contribution in [2.45, 2.75) is 6.54 Å². The molecule has 1 aromatic heterocycles. The minimum atomic E-state index is 0.711. The first-order chi connectivity index (χ1) is 7.70. The molecule has 0 spiro atoms. The molecule has 2 rings (SSSR count). The molecule has 1 N–H and O–H groups in total.